The van der Waals surface area contributed by atoms with Crippen molar-refractivity contribution in [1.82, 2.24) is 14.9 Å². The number of nitrogens with one attached hydrogen (secondary N) is 1. The van der Waals surface area contributed by atoms with Crippen LogP contribution in [0.1, 0.15) is 29.0 Å². The molecule has 0 radical (unpaired) electrons. The molecule has 2 aromatic heterocycles. The van der Waals surface area contributed by atoms with E-state index in [4.69, 9.17) is 21.7 Å². The fourth-order valence-electron chi connectivity index (χ4n) is 4.60. The number of anilines is 1. The summed E-state index contributed by atoms with van der Waals surface area (Å²) in [7, 11) is 3.13. The predicted octanol–water partition coefficient (Wildman–Crippen LogP) is 6.09. The first-order chi connectivity index (χ1) is 17.8. The Morgan fingerprint density at radius 2 is 1.78 bits per heavy atom. The molecule has 10 heteroatoms. The van der Waals surface area contributed by atoms with E-state index in [0.717, 1.165) is 17.8 Å². The number of benzene rings is 2. The Bertz CT molecular complexity index is 1420. The van der Waals surface area contributed by atoms with Gasteiger partial charge in [0, 0.05) is 29.8 Å². The minimum absolute atomic E-state index is 0.380. The van der Waals surface area contributed by atoms with E-state index in [1.807, 2.05) is 35.2 Å². The predicted molar refractivity (Wildman–Crippen MR) is 138 cm³/mol. The molecule has 1 fully saturated rings. The van der Waals surface area contributed by atoms with Gasteiger partial charge in [-0.2, -0.15) is 13.2 Å². The van der Waals surface area contributed by atoms with Crippen molar-refractivity contribution in [1.29, 1.82) is 0 Å². The second-order valence-corrected chi connectivity index (χ2v) is 8.77. The molecule has 6 nitrogen and oxygen atoms in total. The third-order valence-electron chi connectivity index (χ3n) is 6.28. The number of ether oxygens (including phenoxy) is 2. The molecule has 0 aliphatic carbocycles. The monoisotopic (exact) mass is 524 g/mol. The molecule has 4 aromatic rings. The molecule has 1 N–H and O–H groups in total. The number of pyridine rings is 1. The summed E-state index contributed by atoms with van der Waals surface area (Å²) in [6.07, 6.45) is -1.03. The maximum absolute atomic E-state index is 13.5. The number of aromatic nitrogens is 2. The van der Waals surface area contributed by atoms with Gasteiger partial charge in [-0.05, 0) is 66.8 Å². The second kappa shape index (κ2) is 9.78. The Morgan fingerprint density at radius 1 is 0.946 bits per heavy atom. The summed E-state index contributed by atoms with van der Waals surface area (Å²) >= 11 is 5.80. The number of nitrogens with zero attached hydrogens (tertiary/aromatic N) is 3. The summed E-state index contributed by atoms with van der Waals surface area (Å²) in [6.45, 7) is 0. The molecule has 2 aromatic carbocycles. The summed E-state index contributed by atoms with van der Waals surface area (Å²) in [5.41, 5.74) is 1.75. The Morgan fingerprint density at radius 3 is 2.49 bits per heavy atom. The number of methoxy groups -OCH3 is 2. The highest BCUT2D eigenvalue weighted by Gasteiger charge is 2.43. The highest BCUT2D eigenvalue weighted by atomic mass is 32.1. The Hall–Kier alpha value is -4.05. The van der Waals surface area contributed by atoms with Crippen LogP contribution in [0.25, 0.3) is 5.69 Å². The zero-order valence-electron chi connectivity index (χ0n) is 19.9. The normalized spacial score (nSPS) is 17.5. The minimum Gasteiger partial charge on any atom is -0.497 e. The molecular formula is C27H23F3N4O2S. The number of alkyl halides is 3. The van der Waals surface area contributed by atoms with Crippen LogP contribution in [-0.2, 0) is 6.18 Å². The third-order valence-corrected chi connectivity index (χ3v) is 6.59. The van der Waals surface area contributed by atoms with Gasteiger partial charge in [-0.1, -0.05) is 12.1 Å². The van der Waals surface area contributed by atoms with Crippen molar-refractivity contribution in [3.05, 3.63) is 102 Å². The van der Waals surface area contributed by atoms with Crippen LogP contribution in [0, 0.1) is 0 Å². The largest absolute Gasteiger partial charge is 0.497 e. The van der Waals surface area contributed by atoms with Crippen LogP contribution in [0.2, 0.25) is 0 Å². The van der Waals surface area contributed by atoms with E-state index in [0.29, 0.717) is 33.7 Å². The van der Waals surface area contributed by atoms with Crippen molar-refractivity contribution in [2.45, 2.75) is 18.3 Å². The Labute approximate surface area is 217 Å². The molecule has 1 aliphatic heterocycles. The van der Waals surface area contributed by atoms with E-state index in [2.05, 4.69) is 10.3 Å². The quantitative estimate of drug-likeness (QED) is 0.308. The molecule has 0 saturated carbocycles. The van der Waals surface area contributed by atoms with Crippen LogP contribution in [0.15, 0.2) is 85.2 Å². The summed E-state index contributed by atoms with van der Waals surface area (Å²) in [6, 6.07) is 19.0. The van der Waals surface area contributed by atoms with Crippen molar-refractivity contribution in [2.24, 2.45) is 0 Å². The van der Waals surface area contributed by atoms with Gasteiger partial charge < -0.3 is 24.3 Å². The van der Waals surface area contributed by atoms with E-state index in [-0.39, 0.29) is 0 Å². The lowest BCUT2D eigenvalue weighted by molar-refractivity contribution is -0.137. The Kier molecular flexibility index (Phi) is 6.51. The molecule has 2 atom stereocenters. The lowest BCUT2D eigenvalue weighted by Crippen LogP contribution is -2.30. The average Bonchev–Trinajstić information content (AvgIpc) is 3.52. The van der Waals surface area contributed by atoms with Gasteiger partial charge in [-0.25, -0.2) is 0 Å². The highest BCUT2D eigenvalue weighted by molar-refractivity contribution is 7.80. The smallest absolute Gasteiger partial charge is 0.416 e. The van der Waals surface area contributed by atoms with Gasteiger partial charge in [-0.15, -0.1) is 0 Å². The van der Waals surface area contributed by atoms with Crippen molar-refractivity contribution < 1.29 is 22.6 Å². The first kappa shape index (κ1) is 24.6. The topological polar surface area (TPSA) is 51.6 Å². The molecule has 190 valence electrons. The number of thiocarbonyl (C=S) groups is 1. The maximum Gasteiger partial charge on any atom is 0.416 e. The van der Waals surface area contributed by atoms with Gasteiger partial charge in [0.2, 0.25) is 0 Å². The molecule has 0 bridgehead atoms. The van der Waals surface area contributed by atoms with Crippen molar-refractivity contribution in [3.63, 3.8) is 0 Å². The van der Waals surface area contributed by atoms with Crippen LogP contribution in [0.4, 0.5) is 18.9 Å². The van der Waals surface area contributed by atoms with Gasteiger partial charge >= 0.3 is 6.18 Å². The Balaban J connectivity index is 1.70. The zero-order valence-corrected chi connectivity index (χ0v) is 20.8. The summed E-state index contributed by atoms with van der Waals surface area (Å²) in [5, 5.41) is 3.79. The first-order valence-corrected chi connectivity index (χ1v) is 11.8. The molecular weight excluding hydrogens is 501 g/mol. The second-order valence-electron chi connectivity index (χ2n) is 8.39. The molecule has 0 amide bonds. The van der Waals surface area contributed by atoms with Crippen LogP contribution >= 0.6 is 12.2 Å². The van der Waals surface area contributed by atoms with Crippen molar-refractivity contribution in [3.8, 4) is 17.2 Å². The number of rotatable bonds is 6. The molecule has 1 aliphatic rings. The van der Waals surface area contributed by atoms with Crippen LogP contribution in [0.5, 0.6) is 11.5 Å². The SMILES string of the molecule is COc1ccc(OC)c(N2C(=S)N[C@H](c3ccccn3)[C@H]2c2cccn2-c2cccc(C(F)(F)F)c2)c1. The summed E-state index contributed by atoms with van der Waals surface area (Å²) < 4.78 is 53.4. The molecule has 3 heterocycles. The van der Waals surface area contributed by atoms with Gasteiger partial charge in [0.25, 0.3) is 0 Å². The number of halogens is 3. The number of hydrogen-bond acceptors (Lipinski definition) is 4. The lowest BCUT2D eigenvalue weighted by Gasteiger charge is -2.30. The fraction of sp³-hybridized carbons (Fsp3) is 0.185. The first-order valence-electron chi connectivity index (χ1n) is 11.4. The fourth-order valence-corrected chi connectivity index (χ4v) is 4.94. The molecule has 37 heavy (non-hydrogen) atoms. The highest BCUT2D eigenvalue weighted by Crippen LogP contribution is 2.46. The van der Waals surface area contributed by atoms with Crippen molar-refractivity contribution in [2.75, 3.05) is 19.1 Å². The van der Waals surface area contributed by atoms with E-state index in [9.17, 15) is 13.2 Å². The van der Waals surface area contributed by atoms with Gasteiger partial charge in [0.15, 0.2) is 5.11 Å². The molecule has 1 saturated heterocycles. The third kappa shape index (κ3) is 4.60. The maximum atomic E-state index is 13.5. The van der Waals surface area contributed by atoms with Crippen LogP contribution < -0.4 is 19.7 Å². The van der Waals surface area contributed by atoms with E-state index in [1.54, 1.807) is 55.4 Å². The van der Waals surface area contributed by atoms with Gasteiger partial charge in [-0.3, -0.25) is 4.98 Å². The van der Waals surface area contributed by atoms with E-state index < -0.39 is 23.8 Å². The van der Waals surface area contributed by atoms with E-state index in [1.165, 1.54) is 6.07 Å². The molecule has 5 rings (SSSR count). The van der Waals surface area contributed by atoms with Gasteiger partial charge in [0.1, 0.15) is 17.5 Å². The zero-order chi connectivity index (χ0) is 26.2. The average molecular weight is 525 g/mol. The van der Waals surface area contributed by atoms with Crippen LogP contribution in [0.3, 0.4) is 0 Å². The summed E-state index contributed by atoms with van der Waals surface area (Å²) in [5.74, 6) is 1.17. The van der Waals surface area contributed by atoms with Crippen molar-refractivity contribution >= 4 is 23.0 Å². The lowest BCUT2D eigenvalue weighted by atomic mass is 10.0. The summed E-state index contributed by atoms with van der Waals surface area (Å²) in [4.78, 5) is 6.44. The standard InChI is InChI=1S/C27H23F3N4O2S/c1-35-19-11-12-23(36-2)22(16-19)34-25(24(32-26(34)37)20-9-3-4-13-31-20)21-10-6-14-33(21)18-8-5-7-17(15-18)27(28,29)30/h3-16,24-25H,1-2H3,(H,32,37)/t24-,25-/m1/s1. The molecule has 0 spiro atoms. The van der Waals surface area contributed by atoms with Crippen LogP contribution in [-0.4, -0.2) is 28.9 Å². The molecule has 0 unspecified atom stereocenters. The van der Waals surface area contributed by atoms with Gasteiger partial charge in [0.05, 0.1) is 37.2 Å². The minimum atomic E-state index is -4.46. The van der Waals surface area contributed by atoms with E-state index >= 15 is 0 Å². The number of hydrogen-bond donors (Lipinski definition) is 1.